The van der Waals surface area contributed by atoms with Crippen LogP contribution in [0.1, 0.15) is 20.3 Å². The van der Waals surface area contributed by atoms with Gasteiger partial charge in [-0.2, -0.15) is 0 Å². The Labute approximate surface area is 61.1 Å². The van der Waals surface area contributed by atoms with Crippen molar-refractivity contribution in [3.8, 4) is 0 Å². The average molecular weight is 136 g/mol. The zero-order valence-electron chi connectivity index (χ0n) is 6.48. The maximum Gasteiger partial charge on any atom is 0.146 e. The quantitative estimate of drug-likeness (QED) is 0.464. The van der Waals surface area contributed by atoms with Crippen LogP contribution in [0, 0.1) is 17.3 Å². The first kappa shape index (κ1) is 6.14. The summed E-state index contributed by atoms with van der Waals surface area (Å²) >= 11 is 0. The highest BCUT2D eigenvalue weighted by Crippen LogP contribution is 2.59. The molecule has 0 aliphatic heterocycles. The molecule has 1 nitrogen and oxygen atoms in total. The number of carbonyl (C=O) groups excluding carboxylic acids is 1. The zero-order chi connectivity index (χ0) is 7.52. The van der Waals surface area contributed by atoms with Crippen molar-refractivity contribution in [1.82, 2.24) is 0 Å². The lowest BCUT2D eigenvalue weighted by atomic mass is 9.83. The molecule has 54 valence electrons. The van der Waals surface area contributed by atoms with E-state index in [9.17, 15) is 4.79 Å². The lowest BCUT2D eigenvalue weighted by Crippen LogP contribution is -2.22. The van der Waals surface area contributed by atoms with Gasteiger partial charge in [0.25, 0.3) is 0 Å². The fourth-order valence-electron chi connectivity index (χ4n) is 1.96. The van der Waals surface area contributed by atoms with E-state index in [1.165, 1.54) is 5.57 Å². The van der Waals surface area contributed by atoms with E-state index in [1.807, 2.05) is 13.8 Å². The fourth-order valence-corrected chi connectivity index (χ4v) is 1.96. The standard InChI is InChI=1S/C9H12O/c1-5-6-4-7(6)8(10)9(5,2)3/h6-7H,1,4H2,2-3H3. The van der Waals surface area contributed by atoms with E-state index < -0.39 is 0 Å². The van der Waals surface area contributed by atoms with Crippen molar-refractivity contribution >= 4 is 5.78 Å². The van der Waals surface area contributed by atoms with Gasteiger partial charge in [-0.25, -0.2) is 0 Å². The molecule has 10 heavy (non-hydrogen) atoms. The molecule has 2 fully saturated rings. The largest absolute Gasteiger partial charge is 0.298 e. The maximum atomic E-state index is 11.4. The van der Waals surface area contributed by atoms with E-state index >= 15 is 0 Å². The van der Waals surface area contributed by atoms with Crippen LogP contribution < -0.4 is 0 Å². The topological polar surface area (TPSA) is 17.1 Å². The Hall–Kier alpha value is -0.590. The second-order valence-electron chi connectivity index (χ2n) is 3.96. The van der Waals surface area contributed by atoms with E-state index in [1.54, 1.807) is 0 Å². The number of Topliss-reactive ketones (excluding diaryl/α,β-unsaturated/α-hetero) is 1. The van der Waals surface area contributed by atoms with E-state index in [2.05, 4.69) is 6.58 Å². The Bertz CT molecular complexity index is 203. The van der Waals surface area contributed by atoms with Gasteiger partial charge in [-0.1, -0.05) is 12.2 Å². The summed E-state index contributed by atoms with van der Waals surface area (Å²) in [5.74, 6) is 1.34. The fraction of sp³-hybridized carbons (Fsp3) is 0.667. The Morgan fingerprint density at radius 1 is 1.50 bits per heavy atom. The van der Waals surface area contributed by atoms with E-state index in [0.717, 1.165) is 6.42 Å². The van der Waals surface area contributed by atoms with Crippen molar-refractivity contribution in [3.05, 3.63) is 12.2 Å². The molecule has 0 aromatic carbocycles. The van der Waals surface area contributed by atoms with Crippen molar-refractivity contribution < 1.29 is 4.79 Å². The molecule has 0 saturated heterocycles. The summed E-state index contributed by atoms with van der Waals surface area (Å²) in [6, 6.07) is 0. The zero-order valence-corrected chi connectivity index (χ0v) is 6.48. The molecule has 0 spiro atoms. The van der Waals surface area contributed by atoms with Gasteiger partial charge in [0.15, 0.2) is 0 Å². The highest BCUT2D eigenvalue weighted by Gasteiger charge is 2.59. The molecule has 2 aliphatic carbocycles. The second-order valence-corrected chi connectivity index (χ2v) is 3.96. The third kappa shape index (κ3) is 0.472. The van der Waals surface area contributed by atoms with E-state index in [-0.39, 0.29) is 5.41 Å². The summed E-state index contributed by atoms with van der Waals surface area (Å²) in [4.78, 5) is 11.4. The summed E-state index contributed by atoms with van der Waals surface area (Å²) in [6.45, 7) is 7.94. The first-order chi connectivity index (χ1) is 4.55. The van der Waals surface area contributed by atoms with Gasteiger partial charge in [0.05, 0.1) is 0 Å². The van der Waals surface area contributed by atoms with Gasteiger partial charge in [-0.3, -0.25) is 4.79 Å². The van der Waals surface area contributed by atoms with Crippen molar-refractivity contribution in [1.29, 1.82) is 0 Å². The Balaban J connectivity index is 2.41. The Morgan fingerprint density at radius 3 is 2.30 bits per heavy atom. The number of carbonyl (C=O) groups is 1. The number of rotatable bonds is 0. The van der Waals surface area contributed by atoms with Gasteiger partial charge in [-0.05, 0) is 26.2 Å². The van der Waals surface area contributed by atoms with Gasteiger partial charge < -0.3 is 0 Å². The summed E-state index contributed by atoms with van der Waals surface area (Å²) in [5, 5.41) is 0. The Morgan fingerprint density at radius 2 is 2.10 bits per heavy atom. The normalized spacial score (nSPS) is 41.8. The van der Waals surface area contributed by atoms with Crippen LogP contribution >= 0.6 is 0 Å². The molecule has 0 amide bonds. The summed E-state index contributed by atoms with van der Waals surface area (Å²) < 4.78 is 0. The van der Waals surface area contributed by atoms with Crippen LogP contribution in [-0.2, 0) is 4.79 Å². The third-order valence-corrected chi connectivity index (χ3v) is 2.99. The lowest BCUT2D eigenvalue weighted by molar-refractivity contribution is -0.125. The van der Waals surface area contributed by atoms with Gasteiger partial charge in [0, 0.05) is 11.3 Å². The molecule has 0 bridgehead atoms. The molecular weight excluding hydrogens is 124 g/mol. The monoisotopic (exact) mass is 136 g/mol. The molecule has 2 saturated carbocycles. The number of ketones is 1. The number of hydrogen-bond donors (Lipinski definition) is 0. The maximum absolute atomic E-state index is 11.4. The van der Waals surface area contributed by atoms with Crippen molar-refractivity contribution in [2.45, 2.75) is 20.3 Å². The average Bonchev–Trinajstić information content (AvgIpc) is 2.58. The van der Waals surface area contributed by atoms with Crippen LogP contribution in [-0.4, -0.2) is 5.78 Å². The van der Waals surface area contributed by atoms with Crippen LogP contribution in [0.3, 0.4) is 0 Å². The molecule has 1 heteroatoms. The molecular formula is C9H12O. The van der Waals surface area contributed by atoms with Crippen molar-refractivity contribution in [2.24, 2.45) is 17.3 Å². The van der Waals surface area contributed by atoms with Gasteiger partial charge in [0.2, 0.25) is 0 Å². The smallest absolute Gasteiger partial charge is 0.146 e. The van der Waals surface area contributed by atoms with Gasteiger partial charge in [0.1, 0.15) is 5.78 Å². The van der Waals surface area contributed by atoms with Crippen LogP contribution in [0.5, 0.6) is 0 Å². The molecule has 2 atom stereocenters. The summed E-state index contributed by atoms with van der Waals surface area (Å²) in [7, 11) is 0. The molecule has 0 radical (unpaired) electrons. The number of allylic oxidation sites excluding steroid dienone is 1. The molecule has 0 aromatic heterocycles. The van der Waals surface area contributed by atoms with Crippen molar-refractivity contribution in [3.63, 3.8) is 0 Å². The third-order valence-electron chi connectivity index (χ3n) is 2.99. The molecule has 0 N–H and O–H groups in total. The second kappa shape index (κ2) is 1.36. The van der Waals surface area contributed by atoms with Gasteiger partial charge in [-0.15, -0.1) is 0 Å². The number of fused-ring (bicyclic) bond motifs is 1. The molecule has 2 rings (SSSR count). The first-order valence-electron chi connectivity index (χ1n) is 3.78. The van der Waals surface area contributed by atoms with E-state index in [4.69, 9.17) is 0 Å². The Kier molecular flexibility index (Phi) is 0.837. The van der Waals surface area contributed by atoms with Crippen LogP contribution in [0.15, 0.2) is 12.2 Å². The molecule has 2 unspecified atom stereocenters. The highest BCUT2D eigenvalue weighted by molar-refractivity contribution is 5.96. The predicted octanol–water partition coefficient (Wildman–Crippen LogP) is 1.79. The van der Waals surface area contributed by atoms with Crippen molar-refractivity contribution in [2.75, 3.05) is 0 Å². The minimum absolute atomic E-state index is 0.201. The van der Waals surface area contributed by atoms with E-state index in [0.29, 0.717) is 17.6 Å². The van der Waals surface area contributed by atoms with Gasteiger partial charge >= 0.3 is 0 Å². The molecule has 0 heterocycles. The molecule has 0 aromatic rings. The predicted molar refractivity (Wildman–Crippen MR) is 39.5 cm³/mol. The SMILES string of the molecule is C=C1C2CC2C(=O)C1(C)C. The first-order valence-corrected chi connectivity index (χ1v) is 3.78. The molecule has 2 aliphatic rings. The highest BCUT2D eigenvalue weighted by atomic mass is 16.1. The lowest BCUT2D eigenvalue weighted by Gasteiger charge is -2.19. The van der Waals surface area contributed by atoms with Crippen LogP contribution in [0.2, 0.25) is 0 Å². The number of hydrogen-bond acceptors (Lipinski definition) is 1. The van der Waals surface area contributed by atoms with Crippen LogP contribution in [0.4, 0.5) is 0 Å². The summed E-state index contributed by atoms with van der Waals surface area (Å²) in [6.07, 6.45) is 1.08. The summed E-state index contributed by atoms with van der Waals surface area (Å²) in [5.41, 5.74) is 0.968. The van der Waals surface area contributed by atoms with Crippen LogP contribution in [0.25, 0.3) is 0 Å². The minimum Gasteiger partial charge on any atom is -0.298 e. The minimum atomic E-state index is -0.201.